The standard InChI is InChI=1S/C15H24N6O3/c1-16-15(23)18-12(22)4-3-7-20-8-10-21(11-9-20)14-17-6-5-13(19-14)24-2/h5-6H,3-4,7-11H2,1-2H3,(H2,16,18,22,23). The summed E-state index contributed by atoms with van der Waals surface area (Å²) in [7, 11) is 3.07. The van der Waals surface area contributed by atoms with E-state index in [0.717, 1.165) is 39.1 Å². The van der Waals surface area contributed by atoms with Gasteiger partial charge < -0.3 is 15.0 Å². The lowest BCUT2D eigenvalue weighted by Gasteiger charge is -2.34. The summed E-state index contributed by atoms with van der Waals surface area (Å²) in [6.07, 6.45) is 2.75. The summed E-state index contributed by atoms with van der Waals surface area (Å²) in [6.45, 7) is 4.26. The Kier molecular flexibility index (Phi) is 6.74. The van der Waals surface area contributed by atoms with E-state index in [2.05, 4.69) is 30.4 Å². The van der Waals surface area contributed by atoms with E-state index >= 15 is 0 Å². The summed E-state index contributed by atoms with van der Waals surface area (Å²) < 4.78 is 5.12. The second-order valence-electron chi connectivity index (χ2n) is 5.46. The Bertz CT molecular complexity index is 560. The number of urea groups is 1. The highest BCUT2D eigenvalue weighted by Crippen LogP contribution is 2.14. The summed E-state index contributed by atoms with van der Waals surface area (Å²) in [5, 5.41) is 4.62. The van der Waals surface area contributed by atoms with Crippen LogP contribution in [0.5, 0.6) is 5.88 Å². The monoisotopic (exact) mass is 336 g/mol. The molecular formula is C15H24N6O3. The SMILES string of the molecule is CNC(=O)NC(=O)CCCN1CCN(c2nccc(OC)n2)CC1. The van der Waals surface area contributed by atoms with Gasteiger partial charge in [-0.25, -0.2) is 9.78 Å². The van der Waals surface area contributed by atoms with Crippen molar-refractivity contribution >= 4 is 17.9 Å². The van der Waals surface area contributed by atoms with E-state index in [4.69, 9.17) is 4.74 Å². The van der Waals surface area contributed by atoms with Crippen molar-refractivity contribution in [3.8, 4) is 5.88 Å². The van der Waals surface area contributed by atoms with Crippen molar-refractivity contribution in [3.63, 3.8) is 0 Å². The second-order valence-corrected chi connectivity index (χ2v) is 5.46. The lowest BCUT2D eigenvalue weighted by atomic mass is 10.2. The maximum atomic E-state index is 11.5. The predicted molar refractivity (Wildman–Crippen MR) is 89.1 cm³/mol. The Balaban J connectivity index is 1.69. The van der Waals surface area contributed by atoms with Crippen molar-refractivity contribution in [1.29, 1.82) is 0 Å². The van der Waals surface area contributed by atoms with Crippen LogP contribution >= 0.6 is 0 Å². The highest BCUT2D eigenvalue weighted by atomic mass is 16.5. The number of nitrogens with one attached hydrogen (secondary N) is 2. The molecule has 132 valence electrons. The molecule has 1 aromatic heterocycles. The fourth-order valence-corrected chi connectivity index (χ4v) is 2.48. The van der Waals surface area contributed by atoms with Crippen molar-refractivity contribution in [1.82, 2.24) is 25.5 Å². The number of ether oxygens (including phenoxy) is 1. The first kappa shape index (κ1) is 17.9. The summed E-state index contributed by atoms with van der Waals surface area (Å²) in [5.74, 6) is 0.987. The van der Waals surface area contributed by atoms with Gasteiger partial charge in [0.15, 0.2) is 0 Å². The van der Waals surface area contributed by atoms with Gasteiger partial charge in [-0.1, -0.05) is 0 Å². The van der Waals surface area contributed by atoms with E-state index in [0.29, 0.717) is 18.2 Å². The molecule has 0 aliphatic carbocycles. The summed E-state index contributed by atoms with van der Waals surface area (Å²) in [6, 6.07) is 1.26. The summed E-state index contributed by atoms with van der Waals surface area (Å²) in [5.41, 5.74) is 0. The molecule has 9 heteroatoms. The number of methoxy groups -OCH3 is 1. The van der Waals surface area contributed by atoms with Crippen LogP contribution in [0.4, 0.5) is 10.7 Å². The number of hydrogen-bond acceptors (Lipinski definition) is 7. The molecular weight excluding hydrogens is 312 g/mol. The molecule has 1 aliphatic heterocycles. The molecule has 1 aliphatic rings. The molecule has 0 unspecified atom stereocenters. The van der Waals surface area contributed by atoms with Gasteiger partial charge in [0.25, 0.3) is 0 Å². The minimum atomic E-state index is -0.466. The fourth-order valence-electron chi connectivity index (χ4n) is 2.48. The second kappa shape index (κ2) is 9.02. The topological polar surface area (TPSA) is 99.7 Å². The zero-order valence-electron chi connectivity index (χ0n) is 14.1. The first-order valence-electron chi connectivity index (χ1n) is 7.98. The van der Waals surface area contributed by atoms with Crippen molar-refractivity contribution in [2.75, 3.05) is 51.8 Å². The number of anilines is 1. The van der Waals surface area contributed by atoms with E-state index in [-0.39, 0.29) is 5.91 Å². The van der Waals surface area contributed by atoms with Gasteiger partial charge in [-0.3, -0.25) is 15.0 Å². The molecule has 3 amide bonds. The average Bonchev–Trinajstić information content (AvgIpc) is 2.62. The van der Waals surface area contributed by atoms with Crippen LogP contribution in [0, 0.1) is 0 Å². The van der Waals surface area contributed by atoms with Crippen LogP contribution in [-0.2, 0) is 4.79 Å². The molecule has 24 heavy (non-hydrogen) atoms. The van der Waals surface area contributed by atoms with Gasteiger partial charge in [0.2, 0.25) is 17.7 Å². The zero-order chi connectivity index (χ0) is 17.4. The minimum absolute atomic E-state index is 0.252. The third-order valence-corrected chi connectivity index (χ3v) is 3.84. The van der Waals surface area contributed by atoms with Crippen LogP contribution in [0.15, 0.2) is 12.3 Å². The summed E-state index contributed by atoms with van der Waals surface area (Å²) in [4.78, 5) is 35.6. The zero-order valence-corrected chi connectivity index (χ0v) is 14.1. The number of nitrogens with zero attached hydrogens (tertiary/aromatic N) is 4. The van der Waals surface area contributed by atoms with Gasteiger partial charge in [-0.2, -0.15) is 4.98 Å². The van der Waals surface area contributed by atoms with E-state index in [1.165, 1.54) is 7.05 Å². The number of aromatic nitrogens is 2. The Morgan fingerprint density at radius 1 is 1.29 bits per heavy atom. The normalized spacial score (nSPS) is 15.0. The quantitative estimate of drug-likeness (QED) is 0.745. The van der Waals surface area contributed by atoms with Crippen LogP contribution < -0.4 is 20.3 Å². The first-order chi connectivity index (χ1) is 11.6. The molecule has 2 N–H and O–H groups in total. The Labute approximate surface area is 141 Å². The minimum Gasteiger partial charge on any atom is -0.481 e. The largest absolute Gasteiger partial charge is 0.481 e. The fraction of sp³-hybridized carbons (Fsp3) is 0.600. The molecule has 0 radical (unpaired) electrons. The number of piperazine rings is 1. The maximum absolute atomic E-state index is 11.5. The van der Waals surface area contributed by atoms with Crippen LogP contribution in [0.3, 0.4) is 0 Å². The molecule has 0 atom stereocenters. The third kappa shape index (κ3) is 5.34. The molecule has 1 saturated heterocycles. The summed E-state index contributed by atoms with van der Waals surface area (Å²) >= 11 is 0. The maximum Gasteiger partial charge on any atom is 0.321 e. The van der Waals surface area contributed by atoms with Gasteiger partial charge in [-0.15, -0.1) is 0 Å². The Hall–Kier alpha value is -2.42. The number of carbonyl (C=O) groups is 2. The van der Waals surface area contributed by atoms with Crippen LogP contribution in [0.25, 0.3) is 0 Å². The highest BCUT2D eigenvalue weighted by Gasteiger charge is 2.19. The van der Waals surface area contributed by atoms with Crippen molar-refractivity contribution < 1.29 is 14.3 Å². The van der Waals surface area contributed by atoms with E-state index in [9.17, 15) is 9.59 Å². The highest BCUT2D eigenvalue weighted by molar-refractivity contribution is 5.94. The number of hydrogen-bond donors (Lipinski definition) is 2. The van der Waals surface area contributed by atoms with E-state index in [1.54, 1.807) is 19.4 Å². The lowest BCUT2D eigenvalue weighted by Crippen LogP contribution is -2.47. The lowest BCUT2D eigenvalue weighted by molar-refractivity contribution is -0.120. The number of rotatable bonds is 6. The van der Waals surface area contributed by atoms with Crippen LogP contribution in [0.1, 0.15) is 12.8 Å². The van der Waals surface area contributed by atoms with Gasteiger partial charge in [-0.05, 0) is 13.0 Å². The van der Waals surface area contributed by atoms with Gasteiger partial charge in [0.1, 0.15) is 0 Å². The molecule has 2 rings (SSSR count). The molecule has 0 aromatic carbocycles. The molecule has 0 saturated carbocycles. The van der Waals surface area contributed by atoms with Gasteiger partial charge >= 0.3 is 6.03 Å². The van der Waals surface area contributed by atoms with E-state index in [1.807, 2.05) is 0 Å². The van der Waals surface area contributed by atoms with Crippen molar-refractivity contribution in [3.05, 3.63) is 12.3 Å². The molecule has 0 spiro atoms. The third-order valence-electron chi connectivity index (χ3n) is 3.84. The average molecular weight is 336 g/mol. The van der Waals surface area contributed by atoms with Gasteiger partial charge in [0.05, 0.1) is 7.11 Å². The molecule has 1 aromatic rings. The first-order valence-corrected chi connectivity index (χ1v) is 7.98. The molecule has 1 fully saturated rings. The molecule has 0 bridgehead atoms. The van der Waals surface area contributed by atoms with Crippen molar-refractivity contribution in [2.45, 2.75) is 12.8 Å². The number of carbonyl (C=O) groups excluding carboxylic acids is 2. The Morgan fingerprint density at radius 3 is 2.71 bits per heavy atom. The van der Waals surface area contributed by atoms with Crippen LogP contribution in [0.2, 0.25) is 0 Å². The smallest absolute Gasteiger partial charge is 0.321 e. The van der Waals surface area contributed by atoms with Gasteiger partial charge in [0, 0.05) is 51.9 Å². The Morgan fingerprint density at radius 2 is 2.04 bits per heavy atom. The molecule has 9 nitrogen and oxygen atoms in total. The molecule has 2 heterocycles. The van der Waals surface area contributed by atoms with Crippen LogP contribution in [-0.4, -0.2) is 73.7 Å². The number of amides is 3. The van der Waals surface area contributed by atoms with E-state index < -0.39 is 6.03 Å². The number of imide groups is 1. The predicted octanol–water partition coefficient (Wildman–Crippen LogP) is -0.157. The van der Waals surface area contributed by atoms with Crippen molar-refractivity contribution in [2.24, 2.45) is 0 Å².